The van der Waals surface area contributed by atoms with Gasteiger partial charge < -0.3 is 5.32 Å². The van der Waals surface area contributed by atoms with Gasteiger partial charge in [0.15, 0.2) is 0 Å². The van der Waals surface area contributed by atoms with Crippen LogP contribution in [0.2, 0.25) is 0 Å². The second kappa shape index (κ2) is 10.9. The van der Waals surface area contributed by atoms with E-state index in [0.29, 0.717) is 31.0 Å². The molecule has 2 aliphatic heterocycles. The fraction of sp³-hybridized carbons (Fsp3) is 0.321. The van der Waals surface area contributed by atoms with Crippen LogP contribution in [0.4, 0.5) is 11.4 Å². The average molecular weight is 554 g/mol. The molecule has 1 fully saturated rings. The van der Waals surface area contributed by atoms with Gasteiger partial charge in [-0.3, -0.25) is 9.10 Å². The molecular formula is C28H31N3O5S2. The summed E-state index contributed by atoms with van der Waals surface area (Å²) in [5, 5.41) is 2.74. The molecule has 2 heterocycles. The van der Waals surface area contributed by atoms with Crippen molar-refractivity contribution in [3.8, 4) is 0 Å². The molecule has 0 spiro atoms. The molecule has 3 aromatic carbocycles. The minimum Gasteiger partial charge on any atom is -0.322 e. The molecule has 1 amide bonds. The minimum atomic E-state index is -3.78. The Hall–Kier alpha value is -3.21. The van der Waals surface area contributed by atoms with Crippen molar-refractivity contribution in [2.45, 2.75) is 48.3 Å². The topological polar surface area (TPSA) is 104 Å². The van der Waals surface area contributed by atoms with Crippen molar-refractivity contribution in [2.24, 2.45) is 0 Å². The second-order valence-corrected chi connectivity index (χ2v) is 13.4. The fourth-order valence-corrected chi connectivity index (χ4v) is 8.13. The Morgan fingerprint density at radius 1 is 0.684 bits per heavy atom. The highest BCUT2D eigenvalue weighted by atomic mass is 32.2. The highest BCUT2D eigenvalue weighted by molar-refractivity contribution is 7.92. The van der Waals surface area contributed by atoms with Gasteiger partial charge in [-0.2, -0.15) is 4.31 Å². The first-order chi connectivity index (χ1) is 18.3. The van der Waals surface area contributed by atoms with Crippen molar-refractivity contribution in [1.82, 2.24) is 4.31 Å². The third kappa shape index (κ3) is 5.34. The van der Waals surface area contributed by atoms with E-state index in [1.54, 1.807) is 12.1 Å². The zero-order valence-electron chi connectivity index (χ0n) is 21.0. The summed E-state index contributed by atoms with van der Waals surface area (Å²) in [5.74, 6) is -0.457. The number of carbonyl (C=O) groups is 1. The lowest BCUT2D eigenvalue weighted by atomic mass is 10.0. The van der Waals surface area contributed by atoms with Crippen LogP contribution in [0.5, 0.6) is 0 Å². The Kier molecular flexibility index (Phi) is 7.56. The number of nitrogens with zero attached hydrogens (tertiary/aromatic N) is 2. The van der Waals surface area contributed by atoms with Crippen LogP contribution in [0.1, 0.15) is 48.0 Å². The number of sulfonamides is 2. The van der Waals surface area contributed by atoms with E-state index in [4.69, 9.17) is 0 Å². The van der Waals surface area contributed by atoms with Crippen LogP contribution in [-0.2, 0) is 26.5 Å². The second-order valence-electron chi connectivity index (χ2n) is 9.63. The highest BCUT2D eigenvalue weighted by Gasteiger charge is 2.29. The molecular weight excluding hydrogens is 522 g/mol. The van der Waals surface area contributed by atoms with Crippen LogP contribution < -0.4 is 9.62 Å². The lowest BCUT2D eigenvalue weighted by molar-refractivity contribution is 0.102. The first kappa shape index (κ1) is 26.4. The minimum absolute atomic E-state index is 0.108. The van der Waals surface area contributed by atoms with E-state index in [0.717, 1.165) is 44.1 Å². The van der Waals surface area contributed by atoms with Gasteiger partial charge in [0, 0.05) is 30.9 Å². The van der Waals surface area contributed by atoms with E-state index in [1.165, 1.54) is 45.0 Å². The van der Waals surface area contributed by atoms with E-state index >= 15 is 0 Å². The van der Waals surface area contributed by atoms with Crippen molar-refractivity contribution in [3.05, 3.63) is 83.9 Å². The molecule has 2 aliphatic rings. The number of amides is 1. The van der Waals surface area contributed by atoms with Gasteiger partial charge in [0.05, 0.1) is 15.5 Å². The van der Waals surface area contributed by atoms with Crippen LogP contribution in [-0.4, -0.2) is 46.7 Å². The number of aryl methyl sites for hydroxylation is 1. The summed E-state index contributed by atoms with van der Waals surface area (Å²) in [6.45, 7) is 1.40. The number of nitrogens with one attached hydrogen (secondary N) is 1. The van der Waals surface area contributed by atoms with Gasteiger partial charge in [0.2, 0.25) is 10.0 Å². The number of para-hydroxylation sites is 1. The first-order valence-electron chi connectivity index (χ1n) is 12.9. The van der Waals surface area contributed by atoms with Crippen molar-refractivity contribution in [3.63, 3.8) is 0 Å². The number of anilines is 2. The number of hydrogen-bond acceptors (Lipinski definition) is 5. The van der Waals surface area contributed by atoms with Gasteiger partial charge in [0.25, 0.3) is 15.9 Å². The summed E-state index contributed by atoms with van der Waals surface area (Å²) in [5.41, 5.74) is 2.31. The Morgan fingerprint density at radius 3 is 2.13 bits per heavy atom. The van der Waals surface area contributed by atoms with Crippen LogP contribution >= 0.6 is 0 Å². The monoisotopic (exact) mass is 553 g/mol. The lowest BCUT2D eigenvalue weighted by Crippen LogP contribution is -2.35. The third-order valence-electron chi connectivity index (χ3n) is 7.07. The van der Waals surface area contributed by atoms with Crippen LogP contribution in [0, 0.1) is 0 Å². The average Bonchev–Trinajstić information content (AvgIpc) is 3.23. The molecule has 1 N–H and O–H groups in total. The summed E-state index contributed by atoms with van der Waals surface area (Å²) in [6.07, 6.45) is 5.30. The fourth-order valence-electron chi connectivity index (χ4n) is 5.02. The molecule has 0 atom stereocenters. The molecule has 0 aromatic heterocycles. The maximum absolute atomic E-state index is 13.4. The quantitative estimate of drug-likeness (QED) is 0.479. The van der Waals surface area contributed by atoms with E-state index in [1.807, 2.05) is 24.3 Å². The van der Waals surface area contributed by atoms with Gasteiger partial charge >= 0.3 is 0 Å². The maximum Gasteiger partial charge on any atom is 0.264 e. The molecule has 8 nitrogen and oxygen atoms in total. The Morgan fingerprint density at radius 2 is 1.39 bits per heavy atom. The van der Waals surface area contributed by atoms with Crippen LogP contribution in [0.25, 0.3) is 0 Å². The van der Waals surface area contributed by atoms with Crippen molar-refractivity contribution in [2.75, 3.05) is 29.3 Å². The van der Waals surface area contributed by atoms with E-state index in [2.05, 4.69) is 5.32 Å². The van der Waals surface area contributed by atoms with Gasteiger partial charge in [-0.15, -0.1) is 0 Å². The zero-order valence-corrected chi connectivity index (χ0v) is 22.7. The number of carbonyl (C=O) groups excluding carboxylic acids is 1. The SMILES string of the molecule is O=C(Nc1cccc(S(=O)(=O)N2CCCCCC2)c1)c1ccc(S(=O)(=O)N2CCCc3ccccc32)cc1. The Labute approximate surface area is 224 Å². The first-order valence-corrected chi connectivity index (χ1v) is 15.8. The summed E-state index contributed by atoms with van der Waals surface area (Å²) in [7, 11) is -7.43. The van der Waals surface area contributed by atoms with Crippen molar-refractivity contribution >= 4 is 37.3 Å². The molecule has 0 aliphatic carbocycles. The number of benzene rings is 3. The summed E-state index contributed by atoms with van der Waals surface area (Å²) >= 11 is 0. The predicted molar refractivity (Wildman–Crippen MR) is 147 cm³/mol. The molecule has 200 valence electrons. The van der Waals surface area contributed by atoms with Crippen molar-refractivity contribution < 1.29 is 21.6 Å². The smallest absolute Gasteiger partial charge is 0.264 e. The molecule has 1 saturated heterocycles. The number of rotatable bonds is 6. The number of fused-ring (bicyclic) bond motifs is 1. The normalized spacial score (nSPS) is 16.9. The number of hydrogen-bond donors (Lipinski definition) is 1. The van der Waals surface area contributed by atoms with Crippen LogP contribution in [0.15, 0.2) is 82.6 Å². The Bertz CT molecular complexity index is 1530. The van der Waals surface area contributed by atoms with E-state index in [9.17, 15) is 21.6 Å². The van der Waals surface area contributed by atoms with Gasteiger partial charge in [-0.1, -0.05) is 37.1 Å². The third-order valence-corrected chi connectivity index (χ3v) is 10.8. The van der Waals surface area contributed by atoms with Crippen molar-refractivity contribution in [1.29, 1.82) is 0 Å². The molecule has 0 unspecified atom stereocenters. The van der Waals surface area contributed by atoms with Gasteiger partial charge in [0.1, 0.15) is 0 Å². The standard InChI is InChI=1S/C28H31N3O5S2/c32-28(29-24-11-7-12-26(21-24)37(33,34)30-18-5-1-2-6-19-30)23-14-16-25(17-15-23)38(35,36)31-20-8-10-22-9-3-4-13-27(22)31/h3-4,7,9,11-17,21H,1-2,5-6,8,10,18-20H2,(H,29,32). The summed E-state index contributed by atoms with van der Waals surface area (Å²) in [6, 6.07) is 19.5. The molecule has 38 heavy (non-hydrogen) atoms. The zero-order chi connectivity index (χ0) is 26.8. The van der Waals surface area contributed by atoms with Gasteiger partial charge in [-0.05, 0) is 79.8 Å². The van der Waals surface area contributed by atoms with Crippen LogP contribution in [0.3, 0.4) is 0 Å². The summed E-state index contributed by atoms with van der Waals surface area (Å²) < 4.78 is 56.0. The molecule has 3 aromatic rings. The van der Waals surface area contributed by atoms with E-state index in [-0.39, 0.29) is 15.4 Å². The predicted octanol–water partition coefficient (Wildman–Crippen LogP) is 4.65. The maximum atomic E-state index is 13.4. The van der Waals surface area contributed by atoms with E-state index < -0.39 is 26.0 Å². The molecule has 0 saturated carbocycles. The lowest BCUT2D eigenvalue weighted by Gasteiger charge is -2.30. The molecule has 0 bridgehead atoms. The molecule has 5 rings (SSSR count). The molecule has 10 heteroatoms. The highest BCUT2D eigenvalue weighted by Crippen LogP contribution is 2.32. The summed E-state index contributed by atoms with van der Waals surface area (Å²) in [4.78, 5) is 13.2. The van der Waals surface area contributed by atoms with Gasteiger partial charge in [-0.25, -0.2) is 16.8 Å². The largest absolute Gasteiger partial charge is 0.322 e. The Balaban J connectivity index is 1.31. The molecule has 0 radical (unpaired) electrons.